The SMILES string of the molecule is O=C(OC(=O)c1ccc(I)c2ccccc12)c1ccc(I)c2ccccc12. The molecule has 0 fully saturated rings. The van der Waals surface area contributed by atoms with Crippen LogP contribution in [0, 0.1) is 7.14 Å². The smallest absolute Gasteiger partial charge is 0.346 e. The van der Waals surface area contributed by atoms with Gasteiger partial charge in [-0.15, -0.1) is 0 Å². The average Bonchev–Trinajstić information content (AvgIpc) is 2.69. The van der Waals surface area contributed by atoms with Crippen LogP contribution in [0.4, 0.5) is 0 Å². The molecule has 0 bridgehead atoms. The molecule has 3 nitrogen and oxygen atoms in total. The highest BCUT2D eigenvalue weighted by atomic mass is 127. The molecule has 0 radical (unpaired) electrons. The van der Waals surface area contributed by atoms with Crippen LogP contribution in [0.1, 0.15) is 20.7 Å². The van der Waals surface area contributed by atoms with E-state index in [1.807, 2.05) is 60.7 Å². The van der Waals surface area contributed by atoms with E-state index in [1.165, 1.54) is 0 Å². The van der Waals surface area contributed by atoms with Crippen LogP contribution in [0.15, 0.2) is 72.8 Å². The van der Waals surface area contributed by atoms with Crippen LogP contribution in [0.5, 0.6) is 0 Å². The topological polar surface area (TPSA) is 43.4 Å². The number of benzene rings is 4. The summed E-state index contributed by atoms with van der Waals surface area (Å²) in [5.74, 6) is -1.29. The van der Waals surface area contributed by atoms with E-state index < -0.39 is 11.9 Å². The fraction of sp³-hybridized carbons (Fsp3) is 0. The van der Waals surface area contributed by atoms with E-state index >= 15 is 0 Å². The summed E-state index contributed by atoms with van der Waals surface area (Å²) in [6.45, 7) is 0. The zero-order chi connectivity index (χ0) is 19.0. The van der Waals surface area contributed by atoms with E-state index in [0.717, 1.165) is 28.7 Å². The summed E-state index contributed by atoms with van der Waals surface area (Å²) in [5.41, 5.74) is 0.767. The van der Waals surface area contributed by atoms with Gasteiger partial charge in [0.15, 0.2) is 0 Å². The lowest BCUT2D eigenvalue weighted by atomic mass is 10.0. The van der Waals surface area contributed by atoms with E-state index in [9.17, 15) is 9.59 Å². The maximum atomic E-state index is 12.7. The predicted octanol–water partition coefficient (Wildman–Crippen LogP) is 6.20. The Morgan fingerprint density at radius 2 is 0.926 bits per heavy atom. The van der Waals surface area contributed by atoms with Gasteiger partial charge in [-0.3, -0.25) is 0 Å². The lowest BCUT2D eigenvalue weighted by Crippen LogP contribution is -2.14. The minimum absolute atomic E-state index is 0.384. The van der Waals surface area contributed by atoms with Gasteiger partial charge in [0.25, 0.3) is 0 Å². The van der Waals surface area contributed by atoms with Crippen molar-refractivity contribution in [3.63, 3.8) is 0 Å². The van der Waals surface area contributed by atoms with Gasteiger partial charge in [0.2, 0.25) is 0 Å². The molecule has 0 amide bonds. The number of fused-ring (bicyclic) bond motifs is 2. The van der Waals surface area contributed by atoms with Crippen molar-refractivity contribution in [1.82, 2.24) is 0 Å². The number of hydrogen-bond donors (Lipinski definition) is 0. The maximum absolute atomic E-state index is 12.7. The summed E-state index contributed by atoms with van der Waals surface area (Å²) in [7, 11) is 0. The predicted molar refractivity (Wildman–Crippen MR) is 123 cm³/mol. The number of hydrogen-bond acceptors (Lipinski definition) is 3. The van der Waals surface area contributed by atoms with Crippen molar-refractivity contribution in [3.8, 4) is 0 Å². The standard InChI is InChI=1S/C22H12I2O3/c23-19-11-9-17(13-5-1-3-7-15(13)19)21(25)27-22(26)18-10-12-20(24)16-8-4-2-6-14(16)18/h1-12H. The van der Waals surface area contributed by atoms with Crippen molar-refractivity contribution in [3.05, 3.63) is 91.1 Å². The first kappa shape index (κ1) is 18.4. The van der Waals surface area contributed by atoms with Gasteiger partial charge < -0.3 is 4.74 Å². The monoisotopic (exact) mass is 578 g/mol. The van der Waals surface area contributed by atoms with Gasteiger partial charge in [-0.1, -0.05) is 48.5 Å². The lowest BCUT2D eigenvalue weighted by molar-refractivity contribution is 0.0400. The van der Waals surface area contributed by atoms with Gasteiger partial charge in [0.05, 0.1) is 11.1 Å². The van der Waals surface area contributed by atoms with Gasteiger partial charge in [-0.25, -0.2) is 9.59 Å². The first-order valence-electron chi connectivity index (χ1n) is 8.17. The Morgan fingerprint density at radius 3 is 1.33 bits per heavy atom. The molecule has 0 aromatic heterocycles. The number of esters is 2. The van der Waals surface area contributed by atoms with Crippen LogP contribution >= 0.6 is 45.2 Å². The Balaban J connectivity index is 1.72. The minimum Gasteiger partial charge on any atom is -0.386 e. The van der Waals surface area contributed by atoms with Gasteiger partial charge in [-0.05, 0) is 91.0 Å². The number of carbonyl (C=O) groups is 2. The van der Waals surface area contributed by atoms with Gasteiger partial charge >= 0.3 is 11.9 Å². The molecule has 5 heteroatoms. The van der Waals surface area contributed by atoms with Gasteiger partial charge in [0.1, 0.15) is 0 Å². The van der Waals surface area contributed by atoms with Crippen molar-refractivity contribution in [1.29, 1.82) is 0 Å². The molecule has 0 saturated carbocycles. The van der Waals surface area contributed by atoms with Crippen LogP contribution in [0.3, 0.4) is 0 Å². The summed E-state index contributed by atoms with van der Waals surface area (Å²) in [4.78, 5) is 25.4. The molecule has 0 aliphatic rings. The van der Waals surface area contributed by atoms with Crippen molar-refractivity contribution >= 4 is 78.7 Å². The van der Waals surface area contributed by atoms with E-state index in [0.29, 0.717) is 11.1 Å². The minimum atomic E-state index is -0.643. The number of rotatable bonds is 2. The van der Waals surface area contributed by atoms with Crippen LogP contribution < -0.4 is 0 Å². The Morgan fingerprint density at radius 1 is 0.556 bits per heavy atom. The van der Waals surface area contributed by atoms with Gasteiger partial charge in [-0.2, -0.15) is 0 Å². The highest BCUT2D eigenvalue weighted by Crippen LogP contribution is 2.27. The fourth-order valence-corrected chi connectivity index (χ4v) is 4.38. The Bertz CT molecular complexity index is 1120. The maximum Gasteiger partial charge on any atom is 0.346 e. The van der Waals surface area contributed by atoms with Crippen LogP contribution in [-0.2, 0) is 4.74 Å². The average molecular weight is 578 g/mol. The number of carbonyl (C=O) groups excluding carboxylic acids is 2. The third kappa shape index (κ3) is 3.45. The van der Waals surface area contributed by atoms with Crippen molar-refractivity contribution < 1.29 is 14.3 Å². The molecule has 0 aliphatic carbocycles. The number of ether oxygens (including phenoxy) is 1. The van der Waals surface area contributed by atoms with Crippen LogP contribution in [0.25, 0.3) is 21.5 Å². The molecule has 0 unspecified atom stereocenters. The second-order valence-electron chi connectivity index (χ2n) is 5.96. The Kier molecular flexibility index (Phi) is 5.14. The summed E-state index contributed by atoms with van der Waals surface area (Å²) in [6.07, 6.45) is 0. The number of halogens is 2. The molecule has 4 rings (SSSR count). The zero-order valence-electron chi connectivity index (χ0n) is 13.9. The van der Waals surface area contributed by atoms with Crippen LogP contribution in [0.2, 0.25) is 0 Å². The fourth-order valence-electron chi connectivity index (χ4n) is 3.07. The molecule has 0 heterocycles. The summed E-state index contributed by atoms with van der Waals surface area (Å²) in [5, 5.41) is 3.46. The first-order chi connectivity index (χ1) is 13.1. The Labute approximate surface area is 183 Å². The molecule has 27 heavy (non-hydrogen) atoms. The van der Waals surface area contributed by atoms with Gasteiger partial charge in [0, 0.05) is 7.14 Å². The highest BCUT2D eigenvalue weighted by molar-refractivity contribution is 14.1. The molecule has 4 aromatic rings. The third-order valence-corrected chi connectivity index (χ3v) is 6.25. The van der Waals surface area contributed by atoms with E-state index in [1.54, 1.807) is 12.1 Å². The quantitative estimate of drug-likeness (QED) is 0.162. The van der Waals surface area contributed by atoms with E-state index in [2.05, 4.69) is 45.2 Å². The highest BCUT2D eigenvalue weighted by Gasteiger charge is 2.20. The van der Waals surface area contributed by atoms with Crippen LogP contribution in [-0.4, -0.2) is 11.9 Å². The molecule has 0 N–H and O–H groups in total. The molecule has 4 aromatic carbocycles. The summed E-state index contributed by atoms with van der Waals surface area (Å²) in [6, 6.07) is 22.3. The Hall–Kier alpha value is -2.00. The third-order valence-electron chi connectivity index (χ3n) is 4.37. The zero-order valence-corrected chi connectivity index (χ0v) is 18.2. The molecule has 0 atom stereocenters. The second-order valence-corrected chi connectivity index (χ2v) is 8.28. The van der Waals surface area contributed by atoms with E-state index in [4.69, 9.17) is 4.74 Å². The van der Waals surface area contributed by atoms with Crippen molar-refractivity contribution in [2.24, 2.45) is 0 Å². The first-order valence-corrected chi connectivity index (χ1v) is 10.3. The van der Waals surface area contributed by atoms with Crippen molar-refractivity contribution in [2.75, 3.05) is 0 Å². The molecular weight excluding hydrogens is 566 g/mol. The molecular formula is C22H12I2O3. The second kappa shape index (κ2) is 7.55. The van der Waals surface area contributed by atoms with E-state index in [-0.39, 0.29) is 0 Å². The lowest BCUT2D eigenvalue weighted by Gasteiger charge is -2.10. The summed E-state index contributed by atoms with van der Waals surface area (Å²) >= 11 is 4.45. The molecule has 0 spiro atoms. The van der Waals surface area contributed by atoms with Crippen molar-refractivity contribution in [2.45, 2.75) is 0 Å². The molecule has 0 saturated heterocycles. The molecule has 132 valence electrons. The summed E-state index contributed by atoms with van der Waals surface area (Å²) < 4.78 is 7.31. The normalized spacial score (nSPS) is 10.9. The molecule has 0 aliphatic heterocycles. The largest absolute Gasteiger partial charge is 0.386 e.